The van der Waals surface area contributed by atoms with Gasteiger partial charge in [-0.25, -0.2) is 4.79 Å². The highest BCUT2D eigenvalue weighted by molar-refractivity contribution is 5.85. The zero-order valence-corrected chi connectivity index (χ0v) is 37.1. The lowest BCUT2D eigenvalue weighted by molar-refractivity contribution is -0.143. The summed E-state index contributed by atoms with van der Waals surface area (Å²) in [5.41, 5.74) is 0. The van der Waals surface area contributed by atoms with E-state index >= 15 is 0 Å². The van der Waals surface area contributed by atoms with Crippen LogP contribution in [0.3, 0.4) is 0 Å². The molecule has 0 spiro atoms. The highest BCUT2D eigenvalue weighted by Crippen LogP contribution is 2.29. The summed E-state index contributed by atoms with van der Waals surface area (Å²) in [6, 6.07) is -1.12. The summed E-state index contributed by atoms with van der Waals surface area (Å²) in [4.78, 5) is 70.3. The number of hydrogen-bond donors (Lipinski definition) is 7. The maximum atomic E-state index is 12.9. The second-order valence-corrected chi connectivity index (χ2v) is 16.2. The molecule has 1 rings (SSSR count). The average molecular weight is 873 g/mol. The van der Waals surface area contributed by atoms with Crippen LogP contribution < -0.4 is 21.3 Å². The zero-order valence-electron chi connectivity index (χ0n) is 37.1. The monoisotopic (exact) mass is 873 g/mol. The van der Waals surface area contributed by atoms with Crippen LogP contribution in [0.2, 0.25) is 0 Å². The van der Waals surface area contributed by atoms with Gasteiger partial charge in [0.1, 0.15) is 25.5 Å². The number of amides is 3. The number of ether oxygens (including phenoxy) is 4. The van der Waals surface area contributed by atoms with E-state index in [4.69, 9.17) is 24.1 Å². The van der Waals surface area contributed by atoms with Gasteiger partial charge in [-0.15, -0.1) is 0 Å². The molecule has 2 atom stereocenters. The van der Waals surface area contributed by atoms with E-state index in [-0.39, 0.29) is 81.7 Å². The number of Topliss-reactive ketones (excluding diaryl/α,β-unsaturated/α-hetero) is 1. The summed E-state index contributed by atoms with van der Waals surface area (Å²) < 4.78 is 21.1. The minimum atomic E-state index is -1.16. The van der Waals surface area contributed by atoms with Crippen molar-refractivity contribution >= 4 is 35.4 Å². The van der Waals surface area contributed by atoms with Crippen LogP contribution >= 0.6 is 0 Å². The lowest BCUT2D eigenvalue weighted by atomic mass is 9.81. The highest BCUT2D eigenvalue weighted by atomic mass is 16.5. The van der Waals surface area contributed by atoms with Crippen molar-refractivity contribution in [1.29, 1.82) is 0 Å². The van der Waals surface area contributed by atoms with Crippen molar-refractivity contribution in [3.8, 4) is 0 Å². The quantitative estimate of drug-likeness (QED) is 0.0335. The van der Waals surface area contributed by atoms with Gasteiger partial charge in [0, 0.05) is 38.4 Å². The van der Waals surface area contributed by atoms with Crippen LogP contribution in [0, 0.1) is 11.8 Å². The Morgan fingerprint density at radius 1 is 0.574 bits per heavy atom. The van der Waals surface area contributed by atoms with Crippen molar-refractivity contribution in [3.63, 3.8) is 0 Å². The van der Waals surface area contributed by atoms with Gasteiger partial charge in [-0.05, 0) is 64.2 Å². The predicted octanol–water partition coefficient (Wildman–Crippen LogP) is 4.26. The van der Waals surface area contributed by atoms with Crippen LogP contribution in [0.1, 0.15) is 148 Å². The lowest BCUT2D eigenvalue weighted by Crippen LogP contribution is -2.45. The zero-order chi connectivity index (χ0) is 44.8. The maximum Gasteiger partial charge on any atom is 0.326 e. The Bertz CT molecular complexity index is 1190. The van der Waals surface area contributed by atoms with E-state index in [9.17, 15) is 39.0 Å². The molecule has 61 heavy (non-hydrogen) atoms. The van der Waals surface area contributed by atoms with E-state index in [1.54, 1.807) is 0 Å². The van der Waals surface area contributed by atoms with Crippen molar-refractivity contribution < 1.29 is 63.0 Å². The van der Waals surface area contributed by atoms with Gasteiger partial charge in [0.2, 0.25) is 17.7 Å². The van der Waals surface area contributed by atoms with Gasteiger partial charge in [-0.3, -0.25) is 29.3 Å². The Labute approximate surface area is 363 Å². The maximum absolute atomic E-state index is 12.9. The molecule has 3 amide bonds. The van der Waals surface area contributed by atoms with E-state index < -0.39 is 24.2 Å². The summed E-state index contributed by atoms with van der Waals surface area (Å²) in [5.74, 6) is -2.40. The molecule has 0 saturated heterocycles. The third-order valence-electron chi connectivity index (χ3n) is 10.7. The second-order valence-electron chi connectivity index (χ2n) is 16.2. The fraction of sp³-hybridized carbons (Fsp3) is 0.864. The number of ketones is 1. The first-order valence-corrected chi connectivity index (χ1v) is 23.0. The highest BCUT2D eigenvalue weighted by Gasteiger charge is 2.29. The van der Waals surface area contributed by atoms with Crippen molar-refractivity contribution in [2.24, 2.45) is 11.8 Å². The molecule has 1 saturated carbocycles. The third-order valence-corrected chi connectivity index (χ3v) is 10.7. The average Bonchev–Trinajstić information content (AvgIpc) is 3.23. The Morgan fingerprint density at radius 3 is 1.62 bits per heavy atom. The Hall–Kier alpha value is -3.22. The number of rotatable bonds is 42. The molecule has 7 N–H and O–H groups in total. The van der Waals surface area contributed by atoms with Crippen LogP contribution in [0.5, 0.6) is 0 Å². The SMILES string of the molecule is CC(=O)COCCOCCNC(=O)COCCOCCNC(O)CC[C@H](NC(=O)C1CCC(CNC(=O)CCCCCCCCCCCCCCCCC(=O)O)CC1)C(=O)O. The van der Waals surface area contributed by atoms with Gasteiger partial charge in [0.05, 0.1) is 39.6 Å². The molecule has 0 aromatic heterocycles. The largest absolute Gasteiger partial charge is 0.481 e. The van der Waals surface area contributed by atoms with E-state index in [0.717, 1.165) is 51.4 Å². The molecule has 354 valence electrons. The molecule has 1 unspecified atom stereocenters. The van der Waals surface area contributed by atoms with Crippen LogP contribution in [-0.2, 0) is 47.7 Å². The number of nitrogens with one attached hydrogen (secondary N) is 4. The molecule has 0 heterocycles. The van der Waals surface area contributed by atoms with Gasteiger partial charge in [0.25, 0.3) is 0 Å². The Balaban J connectivity index is 2.01. The molecule has 17 nitrogen and oxygen atoms in total. The minimum absolute atomic E-state index is 0.0524. The van der Waals surface area contributed by atoms with Gasteiger partial charge in [0.15, 0.2) is 5.78 Å². The second kappa shape index (κ2) is 38.5. The molecule has 17 heteroatoms. The minimum Gasteiger partial charge on any atom is -0.481 e. The fourth-order valence-corrected chi connectivity index (χ4v) is 7.06. The molecule has 0 aromatic rings. The number of carboxylic acids is 2. The molecule has 1 fully saturated rings. The van der Waals surface area contributed by atoms with E-state index in [2.05, 4.69) is 21.3 Å². The van der Waals surface area contributed by atoms with E-state index in [1.807, 2.05) is 0 Å². The lowest BCUT2D eigenvalue weighted by Gasteiger charge is -2.29. The van der Waals surface area contributed by atoms with Crippen molar-refractivity contribution in [2.75, 3.05) is 72.5 Å². The third kappa shape index (κ3) is 35.0. The van der Waals surface area contributed by atoms with Gasteiger partial charge < -0.3 is 50.2 Å². The van der Waals surface area contributed by atoms with Crippen molar-refractivity contribution in [1.82, 2.24) is 21.3 Å². The summed E-state index contributed by atoms with van der Waals surface area (Å²) in [6.07, 6.45) is 18.8. The van der Waals surface area contributed by atoms with Crippen LogP contribution in [0.15, 0.2) is 0 Å². The molecule has 1 aliphatic carbocycles. The molecular weight excluding hydrogens is 792 g/mol. The first kappa shape index (κ1) is 55.8. The molecule has 0 bridgehead atoms. The molecule has 0 aliphatic heterocycles. The number of carboxylic acid groups (broad SMARTS) is 2. The number of hydrogen-bond acceptors (Lipinski definition) is 12. The Morgan fingerprint density at radius 2 is 1.08 bits per heavy atom. The van der Waals surface area contributed by atoms with Gasteiger partial charge in [-0.2, -0.15) is 0 Å². The first-order chi connectivity index (χ1) is 29.5. The summed E-state index contributed by atoms with van der Waals surface area (Å²) in [7, 11) is 0. The standard InChI is InChI=1S/C44H80N4O13/c1-35(49)33-60-30-28-59-27-25-46-41(52)34-61-31-29-58-26-24-45-40(51)23-22-38(44(56)57)48-43(55)37-20-18-36(19-21-37)32-47-39(50)16-14-12-10-8-6-4-2-3-5-7-9-11-13-15-17-42(53)54/h36-38,40,45,51H,2-34H2,1H3,(H,46,52)(H,47,50)(H,48,55)(H,53,54)(H,56,57)/t36?,37?,38-,40?/m0/s1. The Kier molecular flexibility index (Phi) is 35.2. The van der Waals surface area contributed by atoms with E-state index in [1.165, 1.54) is 58.3 Å². The fourth-order valence-electron chi connectivity index (χ4n) is 7.06. The number of aliphatic carboxylic acids is 2. The smallest absolute Gasteiger partial charge is 0.326 e. The van der Waals surface area contributed by atoms with Gasteiger partial charge in [-0.1, -0.05) is 77.0 Å². The van der Waals surface area contributed by atoms with Crippen LogP contribution in [-0.4, -0.2) is 136 Å². The number of carbonyl (C=O) groups excluding carboxylic acids is 4. The predicted molar refractivity (Wildman–Crippen MR) is 230 cm³/mol. The first-order valence-electron chi connectivity index (χ1n) is 23.0. The number of unbranched alkanes of at least 4 members (excludes halogenated alkanes) is 13. The van der Waals surface area contributed by atoms with Crippen LogP contribution in [0.25, 0.3) is 0 Å². The topological polar surface area (TPSA) is 248 Å². The molecular formula is C44H80N4O13. The van der Waals surface area contributed by atoms with Crippen LogP contribution in [0.4, 0.5) is 0 Å². The van der Waals surface area contributed by atoms with Crippen molar-refractivity contribution in [2.45, 2.75) is 160 Å². The van der Waals surface area contributed by atoms with Gasteiger partial charge >= 0.3 is 11.9 Å². The van der Waals surface area contributed by atoms with Crippen molar-refractivity contribution in [3.05, 3.63) is 0 Å². The number of carbonyl (C=O) groups is 6. The normalized spacial score (nSPS) is 16.1. The molecule has 1 aliphatic rings. The summed E-state index contributed by atoms with van der Waals surface area (Å²) >= 11 is 0. The summed E-state index contributed by atoms with van der Waals surface area (Å²) in [5, 5.41) is 39.9. The molecule has 0 aromatic carbocycles. The van der Waals surface area contributed by atoms with E-state index in [0.29, 0.717) is 64.6 Å². The number of aliphatic hydroxyl groups is 1. The number of aliphatic hydroxyl groups excluding tert-OH is 1. The molecule has 0 radical (unpaired) electrons. The summed E-state index contributed by atoms with van der Waals surface area (Å²) in [6.45, 7) is 4.22.